The molecule has 196 valence electrons. The fourth-order valence-electron chi connectivity index (χ4n) is 6.03. The van der Waals surface area contributed by atoms with Crippen molar-refractivity contribution in [3.8, 4) is 5.75 Å². The van der Waals surface area contributed by atoms with Crippen LogP contribution in [-0.2, 0) is 9.53 Å². The monoisotopic (exact) mass is 504 g/mol. The molecule has 4 aliphatic heterocycles. The van der Waals surface area contributed by atoms with E-state index in [0.717, 1.165) is 87.2 Å². The van der Waals surface area contributed by atoms with Gasteiger partial charge in [0.2, 0.25) is 5.91 Å². The minimum absolute atomic E-state index is 0.0417. The van der Waals surface area contributed by atoms with Crippen molar-refractivity contribution in [3.05, 3.63) is 48.3 Å². The molecule has 5 heterocycles. The number of aromatic nitrogens is 2. The number of carbonyl (C=O) groups is 1. The molecule has 1 amide bonds. The van der Waals surface area contributed by atoms with E-state index in [2.05, 4.69) is 56.8 Å². The molecule has 0 unspecified atom stereocenters. The molecule has 4 aliphatic rings. The SMILES string of the molecule is C=CC(=O)N1CC(N2CCC(c3ccc4c(c3)Nc3ncnc(N5CCOCC5)c3[C@H](CC)O4)CC2)C1. The van der Waals surface area contributed by atoms with Crippen LogP contribution in [-0.4, -0.2) is 84.2 Å². The number of piperidine rings is 1. The second-order valence-corrected chi connectivity index (χ2v) is 10.4. The predicted molar refractivity (Wildman–Crippen MR) is 143 cm³/mol. The van der Waals surface area contributed by atoms with Crippen molar-refractivity contribution >= 4 is 23.2 Å². The van der Waals surface area contributed by atoms with E-state index < -0.39 is 0 Å². The van der Waals surface area contributed by atoms with Crippen LogP contribution in [0.15, 0.2) is 37.2 Å². The number of morpholine rings is 1. The van der Waals surface area contributed by atoms with E-state index in [9.17, 15) is 4.79 Å². The van der Waals surface area contributed by atoms with Crippen molar-refractivity contribution < 1.29 is 14.3 Å². The molecule has 0 spiro atoms. The van der Waals surface area contributed by atoms with Crippen molar-refractivity contribution in [2.75, 3.05) is 62.7 Å². The Labute approximate surface area is 218 Å². The standard InChI is InChI=1S/C28H36N6O3/c1-3-23-26-27(29-18-30-28(26)33-11-13-36-14-12-33)31-22-15-20(5-6-24(22)37-23)19-7-9-32(10-8-19)21-16-34(17-21)25(35)4-2/h4-6,15,18-19,21,23H,2-3,7-14,16-17H2,1H3,(H,29,30,31)/t23-/m0/s1. The number of hydrogen-bond acceptors (Lipinski definition) is 8. The van der Waals surface area contributed by atoms with Gasteiger partial charge in [-0.15, -0.1) is 0 Å². The first-order chi connectivity index (χ1) is 18.1. The topological polar surface area (TPSA) is 83.1 Å². The lowest BCUT2D eigenvalue weighted by molar-refractivity contribution is -0.133. The van der Waals surface area contributed by atoms with Crippen LogP contribution in [0, 0.1) is 0 Å². The Morgan fingerprint density at radius 3 is 2.68 bits per heavy atom. The molecule has 3 fully saturated rings. The first kappa shape index (κ1) is 24.2. The van der Waals surface area contributed by atoms with Gasteiger partial charge in [0.1, 0.15) is 29.8 Å². The number of likely N-dealkylation sites (tertiary alicyclic amines) is 2. The first-order valence-electron chi connectivity index (χ1n) is 13.5. The highest BCUT2D eigenvalue weighted by atomic mass is 16.5. The Balaban J connectivity index is 1.17. The second-order valence-electron chi connectivity index (χ2n) is 10.4. The Kier molecular flexibility index (Phi) is 6.73. The number of rotatable bonds is 5. The summed E-state index contributed by atoms with van der Waals surface area (Å²) in [5, 5.41) is 3.60. The molecular formula is C28H36N6O3. The molecule has 9 nitrogen and oxygen atoms in total. The van der Waals surface area contributed by atoms with Gasteiger partial charge in [-0.05, 0) is 62.0 Å². The Morgan fingerprint density at radius 2 is 1.95 bits per heavy atom. The molecule has 0 radical (unpaired) electrons. The van der Waals surface area contributed by atoms with E-state index in [1.54, 1.807) is 6.33 Å². The number of nitrogens with one attached hydrogen (secondary N) is 1. The van der Waals surface area contributed by atoms with Crippen molar-refractivity contribution in [2.24, 2.45) is 0 Å². The number of ether oxygens (including phenoxy) is 2. The maximum absolute atomic E-state index is 11.8. The van der Waals surface area contributed by atoms with E-state index in [1.807, 2.05) is 4.90 Å². The molecule has 0 aliphatic carbocycles. The number of amides is 1. The lowest BCUT2D eigenvalue weighted by Crippen LogP contribution is -2.61. The molecule has 0 bridgehead atoms. The van der Waals surface area contributed by atoms with E-state index >= 15 is 0 Å². The zero-order valence-electron chi connectivity index (χ0n) is 21.6. The number of carbonyl (C=O) groups excluding carboxylic acids is 1. The normalized spacial score (nSPS) is 22.7. The molecule has 1 aromatic heterocycles. The number of hydrogen-bond donors (Lipinski definition) is 1. The minimum atomic E-state index is -0.119. The largest absolute Gasteiger partial charge is 0.483 e. The van der Waals surface area contributed by atoms with Crippen LogP contribution < -0.4 is 15.0 Å². The molecule has 2 aromatic rings. The molecule has 1 N–H and O–H groups in total. The summed E-state index contributed by atoms with van der Waals surface area (Å²) < 4.78 is 12.1. The summed E-state index contributed by atoms with van der Waals surface area (Å²) in [5.41, 5.74) is 3.34. The maximum atomic E-state index is 11.8. The summed E-state index contributed by atoms with van der Waals surface area (Å²) in [6.07, 6.45) is 6.00. The molecule has 37 heavy (non-hydrogen) atoms. The van der Waals surface area contributed by atoms with E-state index in [0.29, 0.717) is 25.2 Å². The van der Waals surface area contributed by atoms with E-state index in [-0.39, 0.29) is 12.0 Å². The zero-order chi connectivity index (χ0) is 25.4. The van der Waals surface area contributed by atoms with Crippen LogP contribution in [0.25, 0.3) is 0 Å². The molecule has 1 atom stereocenters. The Hall–Kier alpha value is -3.17. The second kappa shape index (κ2) is 10.3. The maximum Gasteiger partial charge on any atom is 0.246 e. The molecule has 9 heteroatoms. The van der Waals surface area contributed by atoms with Gasteiger partial charge in [0.05, 0.1) is 24.5 Å². The summed E-state index contributed by atoms with van der Waals surface area (Å²) in [6.45, 7) is 12.6. The quantitative estimate of drug-likeness (QED) is 0.620. The molecule has 1 aromatic carbocycles. The molecule has 3 saturated heterocycles. The summed E-state index contributed by atoms with van der Waals surface area (Å²) in [4.78, 5) is 27.8. The summed E-state index contributed by atoms with van der Waals surface area (Å²) in [5.74, 6) is 3.18. The van der Waals surface area contributed by atoms with Gasteiger partial charge in [-0.25, -0.2) is 9.97 Å². The highest BCUT2D eigenvalue weighted by Gasteiger charge is 2.36. The minimum Gasteiger partial charge on any atom is -0.483 e. The third-order valence-electron chi connectivity index (χ3n) is 8.26. The van der Waals surface area contributed by atoms with Gasteiger partial charge >= 0.3 is 0 Å². The van der Waals surface area contributed by atoms with Crippen LogP contribution in [0.1, 0.15) is 49.3 Å². The molecule has 6 rings (SSSR count). The predicted octanol–water partition coefficient (Wildman–Crippen LogP) is 3.48. The van der Waals surface area contributed by atoms with Gasteiger partial charge in [-0.1, -0.05) is 19.6 Å². The number of benzene rings is 1. The van der Waals surface area contributed by atoms with Crippen LogP contribution in [0.3, 0.4) is 0 Å². The van der Waals surface area contributed by atoms with Gasteiger partial charge in [0.15, 0.2) is 0 Å². The van der Waals surface area contributed by atoms with Crippen molar-refractivity contribution in [3.63, 3.8) is 0 Å². The first-order valence-corrected chi connectivity index (χ1v) is 13.5. The fraction of sp³-hybridized carbons (Fsp3) is 0.536. The summed E-state index contributed by atoms with van der Waals surface area (Å²) in [6, 6.07) is 7.08. The van der Waals surface area contributed by atoms with Crippen LogP contribution in [0.5, 0.6) is 5.75 Å². The lowest BCUT2D eigenvalue weighted by Gasteiger charge is -2.47. The van der Waals surface area contributed by atoms with Gasteiger partial charge < -0.3 is 24.6 Å². The third-order valence-corrected chi connectivity index (χ3v) is 8.26. The highest BCUT2D eigenvalue weighted by molar-refractivity contribution is 5.87. The molecular weight excluding hydrogens is 468 g/mol. The van der Waals surface area contributed by atoms with Crippen LogP contribution in [0.2, 0.25) is 0 Å². The summed E-state index contributed by atoms with van der Waals surface area (Å²) in [7, 11) is 0. The lowest BCUT2D eigenvalue weighted by atomic mass is 9.88. The van der Waals surface area contributed by atoms with Gasteiger partial charge in [-0.3, -0.25) is 9.69 Å². The van der Waals surface area contributed by atoms with Crippen molar-refractivity contribution in [2.45, 2.75) is 44.2 Å². The number of anilines is 3. The van der Waals surface area contributed by atoms with E-state index in [4.69, 9.17) is 9.47 Å². The Bertz CT molecular complexity index is 1150. The highest BCUT2D eigenvalue weighted by Crippen LogP contribution is 2.44. The fourth-order valence-corrected chi connectivity index (χ4v) is 6.03. The van der Waals surface area contributed by atoms with Gasteiger partial charge in [0, 0.05) is 32.2 Å². The van der Waals surface area contributed by atoms with Crippen molar-refractivity contribution in [1.29, 1.82) is 0 Å². The number of nitrogens with zero attached hydrogens (tertiary/aromatic N) is 5. The van der Waals surface area contributed by atoms with Crippen LogP contribution >= 0.6 is 0 Å². The van der Waals surface area contributed by atoms with Gasteiger partial charge in [-0.2, -0.15) is 0 Å². The average molecular weight is 505 g/mol. The average Bonchev–Trinajstić information content (AvgIpc) is 3.08. The van der Waals surface area contributed by atoms with Gasteiger partial charge in [0.25, 0.3) is 0 Å². The Morgan fingerprint density at radius 1 is 1.16 bits per heavy atom. The molecule has 0 saturated carbocycles. The van der Waals surface area contributed by atoms with Crippen LogP contribution in [0.4, 0.5) is 17.3 Å². The zero-order valence-corrected chi connectivity index (χ0v) is 21.6. The number of fused-ring (bicyclic) bond motifs is 2. The van der Waals surface area contributed by atoms with E-state index in [1.165, 1.54) is 11.6 Å². The summed E-state index contributed by atoms with van der Waals surface area (Å²) >= 11 is 0. The van der Waals surface area contributed by atoms with Crippen molar-refractivity contribution in [1.82, 2.24) is 19.8 Å². The smallest absolute Gasteiger partial charge is 0.246 e. The third kappa shape index (κ3) is 4.66.